The molecule has 2 aromatic rings. The van der Waals surface area contributed by atoms with Gasteiger partial charge in [0.1, 0.15) is 5.00 Å². The fourth-order valence-corrected chi connectivity index (χ4v) is 2.19. The molecule has 3 N–H and O–H groups in total. The van der Waals surface area contributed by atoms with Crippen molar-refractivity contribution in [2.75, 3.05) is 5.32 Å². The second-order valence-corrected chi connectivity index (χ2v) is 4.66. The molecule has 0 aliphatic rings. The Bertz CT molecular complexity index is 572. The van der Waals surface area contributed by atoms with Gasteiger partial charge in [-0.15, -0.1) is 5.10 Å². The van der Waals surface area contributed by atoms with Crippen LogP contribution < -0.4 is 11.1 Å². The summed E-state index contributed by atoms with van der Waals surface area (Å²) in [5, 5.41) is 7.96. The topological polar surface area (TPSA) is 80.9 Å². The number of nitrogens with one attached hydrogen (secondary N) is 1. The molecule has 1 heterocycles. The van der Waals surface area contributed by atoms with Gasteiger partial charge in [0.25, 0.3) is 5.91 Å². The van der Waals surface area contributed by atoms with E-state index in [-0.39, 0.29) is 5.69 Å². The van der Waals surface area contributed by atoms with Crippen LogP contribution in [-0.4, -0.2) is 15.5 Å². The average molecular weight is 289 g/mol. The molecule has 1 aromatic carbocycles. The zero-order chi connectivity index (χ0) is 12.4. The van der Waals surface area contributed by atoms with E-state index in [0.29, 0.717) is 20.7 Å². The zero-order valence-corrected chi connectivity index (χ0v) is 10.6. The highest BCUT2D eigenvalue weighted by Crippen LogP contribution is 2.30. The Hall–Kier alpha value is -1.37. The molecule has 1 aromatic heterocycles. The molecule has 0 unspecified atom stereocenters. The smallest absolute Gasteiger partial charge is 0.272 e. The molecule has 0 saturated carbocycles. The number of benzene rings is 1. The van der Waals surface area contributed by atoms with Crippen LogP contribution >= 0.6 is 34.7 Å². The first kappa shape index (κ1) is 12.1. The number of hydrogen-bond acceptors (Lipinski definition) is 5. The largest absolute Gasteiger partial charge is 0.364 e. The second kappa shape index (κ2) is 4.87. The average Bonchev–Trinajstić information content (AvgIpc) is 2.70. The van der Waals surface area contributed by atoms with Crippen molar-refractivity contribution in [3.63, 3.8) is 0 Å². The third kappa shape index (κ3) is 2.66. The summed E-state index contributed by atoms with van der Waals surface area (Å²) in [6, 6.07) is 4.95. The van der Waals surface area contributed by atoms with Crippen molar-refractivity contribution in [1.82, 2.24) is 9.59 Å². The van der Waals surface area contributed by atoms with Crippen molar-refractivity contribution >= 4 is 51.3 Å². The fraction of sp³-hybridized carbons (Fsp3) is 0. The van der Waals surface area contributed by atoms with E-state index in [4.69, 9.17) is 28.9 Å². The molecular formula is C9H6Cl2N4OS. The SMILES string of the molecule is NC(=O)c1nnsc1Nc1ccc(Cl)cc1Cl. The van der Waals surface area contributed by atoms with Crippen molar-refractivity contribution in [2.24, 2.45) is 5.73 Å². The van der Waals surface area contributed by atoms with Gasteiger partial charge in [0, 0.05) is 16.6 Å². The van der Waals surface area contributed by atoms with Gasteiger partial charge in [0.2, 0.25) is 0 Å². The predicted octanol–water partition coefficient (Wildman–Crippen LogP) is 2.69. The molecule has 1 amide bonds. The van der Waals surface area contributed by atoms with Gasteiger partial charge in [0.05, 0.1) is 10.7 Å². The van der Waals surface area contributed by atoms with Crippen LogP contribution in [0.25, 0.3) is 0 Å². The van der Waals surface area contributed by atoms with Crippen molar-refractivity contribution in [2.45, 2.75) is 0 Å². The number of halogens is 2. The van der Waals surface area contributed by atoms with Gasteiger partial charge in [0.15, 0.2) is 5.69 Å². The third-order valence-electron chi connectivity index (χ3n) is 1.90. The third-order valence-corrected chi connectivity index (χ3v) is 3.09. The molecule has 5 nitrogen and oxygen atoms in total. The van der Waals surface area contributed by atoms with Crippen LogP contribution in [0, 0.1) is 0 Å². The monoisotopic (exact) mass is 288 g/mol. The molecular weight excluding hydrogens is 283 g/mol. The maximum atomic E-state index is 11.0. The van der Waals surface area contributed by atoms with E-state index in [9.17, 15) is 4.79 Å². The Labute approximate surface area is 111 Å². The Morgan fingerprint density at radius 1 is 1.41 bits per heavy atom. The van der Waals surface area contributed by atoms with Gasteiger partial charge in [-0.3, -0.25) is 4.79 Å². The van der Waals surface area contributed by atoms with Crippen LogP contribution in [0.2, 0.25) is 10.0 Å². The molecule has 0 atom stereocenters. The number of amides is 1. The van der Waals surface area contributed by atoms with E-state index < -0.39 is 5.91 Å². The molecule has 0 aliphatic heterocycles. The van der Waals surface area contributed by atoms with Gasteiger partial charge in [-0.25, -0.2) is 0 Å². The van der Waals surface area contributed by atoms with E-state index in [1.807, 2.05) is 0 Å². The van der Waals surface area contributed by atoms with Crippen molar-refractivity contribution in [1.29, 1.82) is 0 Å². The van der Waals surface area contributed by atoms with Gasteiger partial charge >= 0.3 is 0 Å². The van der Waals surface area contributed by atoms with Crippen molar-refractivity contribution in [3.05, 3.63) is 33.9 Å². The van der Waals surface area contributed by atoms with Crippen LogP contribution in [0.5, 0.6) is 0 Å². The predicted molar refractivity (Wildman–Crippen MR) is 68.2 cm³/mol. The molecule has 2 rings (SSSR count). The first-order valence-electron chi connectivity index (χ1n) is 4.42. The van der Waals surface area contributed by atoms with Crippen molar-refractivity contribution < 1.29 is 4.79 Å². The van der Waals surface area contributed by atoms with E-state index in [2.05, 4.69) is 14.9 Å². The van der Waals surface area contributed by atoms with Gasteiger partial charge in [-0.1, -0.05) is 27.7 Å². The Morgan fingerprint density at radius 3 is 2.82 bits per heavy atom. The molecule has 17 heavy (non-hydrogen) atoms. The number of anilines is 2. The number of primary amides is 1. The maximum absolute atomic E-state index is 11.0. The van der Waals surface area contributed by atoms with Gasteiger partial charge in [-0.05, 0) is 18.2 Å². The van der Waals surface area contributed by atoms with Crippen LogP contribution in [0.4, 0.5) is 10.7 Å². The van der Waals surface area contributed by atoms with Gasteiger partial charge < -0.3 is 11.1 Å². The van der Waals surface area contributed by atoms with E-state index >= 15 is 0 Å². The molecule has 0 fully saturated rings. The Morgan fingerprint density at radius 2 is 2.18 bits per heavy atom. The molecule has 0 spiro atoms. The lowest BCUT2D eigenvalue weighted by molar-refractivity contribution is 0.0996. The first-order chi connectivity index (χ1) is 8.08. The Balaban J connectivity index is 2.31. The summed E-state index contributed by atoms with van der Waals surface area (Å²) in [5.74, 6) is -0.647. The maximum Gasteiger partial charge on any atom is 0.272 e. The summed E-state index contributed by atoms with van der Waals surface area (Å²) in [7, 11) is 0. The lowest BCUT2D eigenvalue weighted by atomic mass is 10.3. The van der Waals surface area contributed by atoms with Gasteiger partial charge in [-0.2, -0.15) is 0 Å². The van der Waals surface area contributed by atoms with E-state index in [0.717, 1.165) is 11.5 Å². The summed E-state index contributed by atoms with van der Waals surface area (Å²) in [6.07, 6.45) is 0. The highest BCUT2D eigenvalue weighted by molar-refractivity contribution is 7.10. The quantitative estimate of drug-likeness (QED) is 0.910. The van der Waals surface area contributed by atoms with E-state index in [1.165, 1.54) is 0 Å². The number of hydrogen-bond donors (Lipinski definition) is 2. The summed E-state index contributed by atoms with van der Waals surface area (Å²) >= 11 is 12.8. The molecule has 0 aliphatic carbocycles. The standard InChI is InChI=1S/C9H6Cl2N4OS/c10-4-1-2-6(5(11)3-4)13-9-7(8(12)16)14-15-17-9/h1-3,13H,(H2,12,16). The molecule has 0 radical (unpaired) electrons. The number of carbonyl (C=O) groups is 1. The number of nitrogens with two attached hydrogens (primary N) is 1. The Kier molecular flexibility index (Phi) is 3.46. The number of nitrogens with zero attached hydrogens (tertiary/aromatic N) is 2. The minimum Gasteiger partial charge on any atom is -0.364 e. The first-order valence-corrected chi connectivity index (χ1v) is 5.95. The minimum absolute atomic E-state index is 0.0843. The highest BCUT2D eigenvalue weighted by atomic mass is 35.5. The second-order valence-electron chi connectivity index (χ2n) is 3.06. The van der Waals surface area contributed by atoms with Crippen LogP contribution in [0.15, 0.2) is 18.2 Å². The van der Waals surface area contributed by atoms with E-state index in [1.54, 1.807) is 18.2 Å². The fourth-order valence-electron chi connectivity index (χ4n) is 1.15. The summed E-state index contributed by atoms with van der Waals surface area (Å²) in [6.45, 7) is 0. The summed E-state index contributed by atoms with van der Waals surface area (Å²) in [5.41, 5.74) is 5.83. The van der Waals surface area contributed by atoms with Crippen LogP contribution in [0.3, 0.4) is 0 Å². The minimum atomic E-state index is -0.647. The lowest BCUT2D eigenvalue weighted by Crippen LogP contribution is -2.13. The number of carbonyl (C=O) groups excluding carboxylic acids is 1. The molecule has 88 valence electrons. The normalized spacial score (nSPS) is 10.2. The van der Waals surface area contributed by atoms with Crippen molar-refractivity contribution in [3.8, 4) is 0 Å². The summed E-state index contributed by atoms with van der Waals surface area (Å²) < 4.78 is 3.65. The molecule has 8 heteroatoms. The lowest BCUT2D eigenvalue weighted by Gasteiger charge is -2.06. The molecule has 0 bridgehead atoms. The summed E-state index contributed by atoms with van der Waals surface area (Å²) in [4.78, 5) is 11.0. The van der Waals surface area contributed by atoms with Crippen LogP contribution in [-0.2, 0) is 0 Å². The highest BCUT2D eigenvalue weighted by Gasteiger charge is 2.14. The molecule has 0 saturated heterocycles. The number of aromatic nitrogens is 2. The number of rotatable bonds is 3. The zero-order valence-electron chi connectivity index (χ0n) is 8.28. The van der Waals surface area contributed by atoms with Crippen LogP contribution in [0.1, 0.15) is 10.5 Å².